The number of likely N-dealkylation sites (N-methyl/N-ethyl adjacent to an activating group) is 1. The summed E-state index contributed by atoms with van der Waals surface area (Å²) in [5, 5.41) is 2.90. The molecule has 2 aliphatic heterocycles. The average Bonchev–Trinajstić information content (AvgIpc) is 3.05. The zero-order valence-corrected chi connectivity index (χ0v) is 12.5. The molecule has 2 heterocycles. The molecule has 0 spiro atoms. The zero-order chi connectivity index (χ0) is 14.1. The van der Waals surface area contributed by atoms with Crippen LogP contribution in [0.3, 0.4) is 0 Å². The van der Waals surface area contributed by atoms with Crippen molar-refractivity contribution in [2.24, 2.45) is 0 Å². The number of halogens is 2. The summed E-state index contributed by atoms with van der Waals surface area (Å²) in [4.78, 5) is 13.8. The molecule has 2 aliphatic rings. The van der Waals surface area contributed by atoms with Gasteiger partial charge in [0.05, 0.1) is 6.04 Å². The van der Waals surface area contributed by atoms with Gasteiger partial charge in [-0.15, -0.1) is 12.4 Å². The van der Waals surface area contributed by atoms with Crippen molar-refractivity contribution in [2.45, 2.75) is 25.2 Å². The largest absolute Gasteiger partial charge is 0.454 e. The van der Waals surface area contributed by atoms with E-state index in [-0.39, 0.29) is 38.1 Å². The third-order valence-corrected chi connectivity index (χ3v) is 3.61. The number of benzene rings is 1. The first kappa shape index (κ1) is 15.9. The lowest BCUT2D eigenvalue weighted by Crippen LogP contribution is -2.41. The van der Waals surface area contributed by atoms with Gasteiger partial charge >= 0.3 is 0 Å². The van der Waals surface area contributed by atoms with Crippen LogP contribution in [0.25, 0.3) is 0 Å². The fourth-order valence-corrected chi connectivity index (χ4v) is 2.54. The van der Waals surface area contributed by atoms with Gasteiger partial charge in [0.2, 0.25) is 12.7 Å². The highest BCUT2D eigenvalue weighted by Crippen LogP contribution is 2.32. The predicted molar refractivity (Wildman–Crippen MR) is 77.6 cm³/mol. The van der Waals surface area contributed by atoms with Crippen LogP contribution >= 0.6 is 12.4 Å². The molecule has 0 aromatic heterocycles. The molecule has 3 rings (SSSR count). The molecule has 2 atom stereocenters. The summed E-state index contributed by atoms with van der Waals surface area (Å²) >= 11 is 0. The number of hydrogen-bond acceptors (Lipinski definition) is 4. The van der Waals surface area contributed by atoms with Crippen LogP contribution in [0.5, 0.6) is 11.5 Å². The van der Waals surface area contributed by atoms with E-state index in [9.17, 15) is 9.18 Å². The van der Waals surface area contributed by atoms with E-state index in [1.165, 1.54) is 0 Å². The van der Waals surface area contributed by atoms with Crippen molar-refractivity contribution in [3.63, 3.8) is 0 Å². The highest BCUT2D eigenvalue weighted by molar-refractivity contribution is 5.85. The van der Waals surface area contributed by atoms with Crippen LogP contribution < -0.4 is 14.8 Å². The second kappa shape index (κ2) is 6.49. The second-order valence-corrected chi connectivity index (χ2v) is 5.18. The second-order valence-electron chi connectivity index (χ2n) is 5.18. The molecular formula is C14H18ClFN2O3. The molecule has 1 N–H and O–H groups in total. The lowest BCUT2D eigenvalue weighted by Gasteiger charge is -2.21. The molecular weight excluding hydrogens is 299 g/mol. The van der Waals surface area contributed by atoms with Crippen molar-refractivity contribution in [1.82, 2.24) is 10.2 Å². The van der Waals surface area contributed by atoms with Gasteiger partial charge < -0.3 is 19.7 Å². The number of nitrogens with zero attached hydrogens (tertiary/aromatic N) is 1. The number of alkyl halides is 1. The van der Waals surface area contributed by atoms with Crippen LogP contribution in [0.1, 0.15) is 12.0 Å². The number of carbonyl (C=O) groups excluding carboxylic acids is 1. The van der Waals surface area contributed by atoms with Crippen molar-refractivity contribution in [2.75, 3.05) is 20.4 Å². The maximum absolute atomic E-state index is 13.1. The average molecular weight is 317 g/mol. The van der Waals surface area contributed by atoms with E-state index in [2.05, 4.69) is 5.32 Å². The fraction of sp³-hybridized carbons (Fsp3) is 0.500. The van der Waals surface area contributed by atoms with Gasteiger partial charge in [-0.25, -0.2) is 4.39 Å². The van der Waals surface area contributed by atoms with E-state index >= 15 is 0 Å². The van der Waals surface area contributed by atoms with Gasteiger partial charge in [0.15, 0.2) is 11.5 Å². The SMILES string of the molecule is CN(Cc1ccc2c(c1)OCO2)C(=O)[C@H]1C[C@H](F)CN1.Cl. The summed E-state index contributed by atoms with van der Waals surface area (Å²) in [5.41, 5.74) is 0.958. The van der Waals surface area contributed by atoms with E-state index in [1.807, 2.05) is 18.2 Å². The van der Waals surface area contributed by atoms with Crippen molar-refractivity contribution in [3.8, 4) is 11.5 Å². The number of amides is 1. The monoisotopic (exact) mass is 316 g/mol. The Morgan fingerprint density at radius 1 is 1.43 bits per heavy atom. The zero-order valence-electron chi connectivity index (χ0n) is 11.7. The molecule has 0 unspecified atom stereocenters. The van der Waals surface area contributed by atoms with Crippen LogP contribution in [-0.2, 0) is 11.3 Å². The Labute approximate surface area is 128 Å². The van der Waals surface area contributed by atoms with Gasteiger partial charge in [-0.1, -0.05) is 6.07 Å². The molecule has 0 bridgehead atoms. The summed E-state index contributed by atoms with van der Waals surface area (Å²) in [6.45, 7) is 0.955. The van der Waals surface area contributed by atoms with Crippen molar-refractivity contribution < 1.29 is 18.7 Å². The normalized spacial score (nSPS) is 22.8. The molecule has 7 heteroatoms. The van der Waals surface area contributed by atoms with Crippen LogP contribution in [0.2, 0.25) is 0 Å². The summed E-state index contributed by atoms with van der Waals surface area (Å²) < 4.78 is 23.7. The Balaban J connectivity index is 0.00000161. The topological polar surface area (TPSA) is 50.8 Å². The number of hydrogen-bond donors (Lipinski definition) is 1. The minimum Gasteiger partial charge on any atom is -0.454 e. The maximum atomic E-state index is 13.1. The van der Waals surface area contributed by atoms with E-state index in [0.717, 1.165) is 11.3 Å². The van der Waals surface area contributed by atoms with Gasteiger partial charge in [0.25, 0.3) is 0 Å². The van der Waals surface area contributed by atoms with Gasteiger partial charge in [-0.2, -0.15) is 0 Å². The number of nitrogens with one attached hydrogen (secondary N) is 1. The Bertz CT molecular complexity index is 529. The molecule has 0 aliphatic carbocycles. The Hall–Kier alpha value is -1.53. The number of rotatable bonds is 3. The summed E-state index contributed by atoms with van der Waals surface area (Å²) in [6.07, 6.45) is -0.674. The molecule has 1 saturated heterocycles. The lowest BCUT2D eigenvalue weighted by molar-refractivity contribution is -0.132. The molecule has 0 saturated carbocycles. The maximum Gasteiger partial charge on any atom is 0.239 e. The van der Waals surface area contributed by atoms with Crippen LogP contribution in [0.4, 0.5) is 4.39 Å². The van der Waals surface area contributed by atoms with Crippen LogP contribution in [0, 0.1) is 0 Å². The third-order valence-electron chi connectivity index (χ3n) is 3.61. The van der Waals surface area contributed by atoms with Gasteiger partial charge in [0.1, 0.15) is 6.17 Å². The summed E-state index contributed by atoms with van der Waals surface area (Å²) in [6, 6.07) is 5.19. The third kappa shape index (κ3) is 3.39. The molecule has 1 aromatic rings. The van der Waals surface area contributed by atoms with E-state index in [0.29, 0.717) is 12.3 Å². The number of ether oxygens (including phenoxy) is 2. The Morgan fingerprint density at radius 2 is 2.19 bits per heavy atom. The fourth-order valence-electron chi connectivity index (χ4n) is 2.54. The van der Waals surface area contributed by atoms with Crippen molar-refractivity contribution in [1.29, 1.82) is 0 Å². The minimum absolute atomic E-state index is 0. The van der Waals surface area contributed by atoms with Crippen LogP contribution in [-0.4, -0.2) is 43.4 Å². The van der Waals surface area contributed by atoms with Gasteiger partial charge in [-0.3, -0.25) is 4.79 Å². The molecule has 116 valence electrons. The summed E-state index contributed by atoms with van der Waals surface area (Å²) in [7, 11) is 1.72. The molecule has 5 nitrogen and oxygen atoms in total. The summed E-state index contributed by atoms with van der Waals surface area (Å²) in [5.74, 6) is 1.34. The lowest BCUT2D eigenvalue weighted by atomic mass is 10.1. The van der Waals surface area contributed by atoms with Gasteiger partial charge in [-0.05, 0) is 17.7 Å². The first-order valence-corrected chi connectivity index (χ1v) is 6.64. The quantitative estimate of drug-likeness (QED) is 0.918. The van der Waals surface area contributed by atoms with Crippen molar-refractivity contribution in [3.05, 3.63) is 23.8 Å². The highest BCUT2D eigenvalue weighted by atomic mass is 35.5. The van der Waals surface area contributed by atoms with Crippen molar-refractivity contribution >= 4 is 18.3 Å². The van der Waals surface area contributed by atoms with Gasteiger partial charge in [0, 0.05) is 26.6 Å². The Morgan fingerprint density at radius 3 is 2.90 bits per heavy atom. The molecule has 1 fully saturated rings. The van der Waals surface area contributed by atoms with Crippen LogP contribution in [0.15, 0.2) is 18.2 Å². The Kier molecular flexibility index (Phi) is 4.90. The minimum atomic E-state index is -0.928. The first-order valence-electron chi connectivity index (χ1n) is 6.64. The molecule has 1 aromatic carbocycles. The first-order chi connectivity index (χ1) is 9.63. The van der Waals surface area contributed by atoms with E-state index < -0.39 is 12.2 Å². The number of carbonyl (C=O) groups is 1. The highest BCUT2D eigenvalue weighted by Gasteiger charge is 2.31. The number of fused-ring (bicyclic) bond motifs is 1. The smallest absolute Gasteiger partial charge is 0.239 e. The van der Waals surface area contributed by atoms with E-state index in [4.69, 9.17) is 9.47 Å². The van der Waals surface area contributed by atoms with E-state index in [1.54, 1.807) is 11.9 Å². The predicted octanol–water partition coefficient (Wildman–Crippen LogP) is 1.50. The molecule has 0 radical (unpaired) electrons. The standard InChI is InChI=1S/C14H17FN2O3.ClH/c1-17(14(18)11-5-10(15)6-16-11)7-9-2-3-12-13(4-9)20-8-19-12;/h2-4,10-11,16H,5-8H2,1H3;1H/t10-,11+;/m0./s1. The molecule has 21 heavy (non-hydrogen) atoms. The molecule has 1 amide bonds.